The first-order valence-electron chi connectivity index (χ1n) is 6.88. The maximum Gasteiger partial charge on any atom is 0.271 e. The van der Waals surface area contributed by atoms with Crippen molar-refractivity contribution in [1.82, 2.24) is 15.5 Å². The summed E-state index contributed by atoms with van der Waals surface area (Å²) in [5.41, 5.74) is 1.41. The van der Waals surface area contributed by atoms with Crippen LogP contribution in [0.4, 0.5) is 5.82 Å². The molecule has 1 aromatic carbocycles. The lowest BCUT2D eigenvalue weighted by Gasteiger charge is -2.11. The lowest BCUT2D eigenvalue weighted by atomic mass is 10.1. The number of carbonyl (C=O) groups excluding carboxylic acids is 1. The summed E-state index contributed by atoms with van der Waals surface area (Å²) in [6, 6.07) is 11.3. The smallest absolute Gasteiger partial charge is 0.271 e. The molecule has 0 aliphatic carbocycles. The minimum atomic E-state index is -0.217. The van der Waals surface area contributed by atoms with Crippen molar-refractivity contribution in [3.63, 3.8) is 0 Å². The maximum atomic E-state index is 11.6. The Morgan fingerprint density at radius 2 is 2.14 bits per heavy atom. The third-order valence-corrected chi connectivity index (χ3v) is 3.26. The van der Waals surface area contributed by atoms with Crippen LogP contribution >= 0.6 is 0 Å². The van der Waals surface area contributed by atoms with Crippen LogP contribution in [0.25, 0.3) is 0 Å². The molecule has 1 aromatic heterocycles. The first-order chi connectivity index (χ1) is 10.3. The average Bonchev–Trinajstić information content (AvgIpc) is 2.92. The molecule has 2 aromatic rings. The second-order valence-electron chi connectivity index (χ2n) is 4.71. The summed E-state index contributed by atoms with van der Waals surface area (Å²) < 4.78 is 5.60. The molecule has 2 heterocycles. The predicted octanol–water partition coefficient (Wildman–Crippen LogP) is 1.77. The van der Waals surface area contributed by atoms with E-state index in [0.717, 1.165) is 11.3 Å². The average molecular weight is 284 g/mol. The molecule has 0 saturated heterocycles. The monoisotopic (exact) mass is 284 g/mol. The number of aromatic nitrogens is 2. The molecule has 6 nitrogen and oxygen atoms in total. The molecule has 0 bridgehead atoms. The van der Waals surface area contributed by atoms with E-state index in [9.17, 15) is 4.79 Å². The zero-order valence-electron chi connectivity index (χ0n) is 11.7. The molecule has 6 heteroatoms. The van der Waals surface area contributed by atoms with Crippen LogP contribution < -0.4 is 15.4 Å². The highest BCUT2D eigenvalue weighted by molar-refractivity contribution is 5.92. The van der Waals surface area contributed by atoms with Crippen LogP contribution in [0.1, 0.15) is 29.0 Å². The molecule has 1 aliphatic heterocycles. The lowest BCUT2D eigenvalue weighted by Crippen LogP contribution is -2.24. The SMILES string of the molecule is CCNC(=O)c1ccc(NC2COc3ccccc32)nn1. The van der Waals surface area contributed by atoms with Gasteiger partial charge in [-0.15, -0.1) is 10.2 Å². The van der Waals surface area contributed by atoms with E-state index in [2.05, 4.69) is 20.8 Å². The van der Waals surface area contributed by atoms with Gasteiger partial charge in [0, 0.05) is 12.1 Å². The van der Waals surface area contributed by atoms with Crippen molar-refractivity contribution in [1.29, 1.82) is 0 Å². The number of hydrogen-bond acceptors (Lipinski definition) is 5. The Morgan fingerprint density at radius 3 is 2.90 bits per heavy atom. The largest absolute Gasteiger partial charge is 0.491 e. The fraction of sp³-hybridized carbons (Fsp3) is 0.267. The first-order valence-corrected chi connectivity index (χ1v) is 6.88. The fourth-order valence-corrected chi connectivity index (χ4v) is 2.24. The molecule has 1 amide bonds. The Hall–Kier alpha value is -2.63. The summed E-state index contributed by atoms with van der Waals surface area (Å²) in [5, 5.41) is 13.9. The van der Waals surface area contributed by atoms with E-state index in [1.54, 1.807) is 12.1 Å². The number of anilines is 1. The number of fused-ring (bicyclic) bond motifs is 1. The summed E-state index contributed by atoms with van der Waals surface area (Å²) in [5.74, 6) is 1.29. The Labute approximate surface area is 122 Å². The summed E-state index contributed by atoms with van der Waals surface area (Å²) in [6.07, 6.45) is 0. The molecule has 2 N–H and O–H groups in total. The lowest BCUT2D eigenvalue weighted by molar-refractivity contribution is 0.0950. The van der Waals surface area contributed by atoms with Gasteiger partial charge in [0.1, 0.15) is 18.2 Å². The second kappa shape index (κ2) is 5.78. The van der Waals surface area contributed by atoms with Crippen LogP contribution in [0.2, 0.25) is 0 Å². The van der Waals surface area contributed by atoms with Crippen LogP contribution in [0.3, 0.4) is 0 Å². The standard InChI is InChI=1S/C15H16N4O2/c1-2-16-15(20)11-7-8-14(19-18-11)17-12-9-21-13-6-4-3-5-10(12)13/h3-8,12H,2,9H2,1H3,(H,16,20)(H,17,19). The Bertz CT molecular complexity index is 642. The third kappa shape index (κ3) is 2.79. The Kier molecular flexibility index (Phi) is 3.68. The number of nitrogens with zero attached hydrogens (tertiary/aromatic N) is 2. The molecule has 0 spiro atoms. The van der Waals surface area contributed by atoms with Crippen molar-refractivity contribution >= 4 is 11.7 Å². The van der Waals surface area contributed by atoms with Gasteiger partial charge in [-0.05, 0) is 25.1 Å². The van der Waals surface area contributed by atoms with E-state index in [4.69, 9.17) is 4.74 Å². The highest BCUT2D eigenvalue weighted by Gasteiger charge is 2.23. The van der Waals surface area contributed by atoms with E-state index in [1.807, 2.05) is 31.2 Å². The zero-order valence-corrected chi connectivity index (χ0v) is 11.7. The van der Waals surface area contributed by atoms with Gasteiger partial charge in [0.2, 0.25) is 0 Å². The highest BCUT2D eigenvalue weighted by atomic mass is 16.5. The highest BCUT2D eigenvalue weighted by Crippen LogP contribution is 2.33. The number of benzene rings is 1. The van der Waals surface area contributed by atoms with Gasteiger partial charge in [-0.25, -0.2) is 0 Å². The van der Waals surface area contributed by atoms with Crippen LogP contribution in [-0.4, -0.2) is 29.3 Å². The van der Waals surface area contributed by atoms with Crippen molar-refractivity contribution in [2.24, 2.45) is 0 Å². The fourth-order valence-electron chi connectivity index (χ4n) is 2.24. The van der Waals surface area contributed by atoms with Gasteiger partial charge in [-0.2, -0.15) is 0 Å². The number of amides is 1. The normalized spacial score (nSPS) is 16.0. The summed E-state index contributed by atoms with van der Waals surface area (Å²) in [4.78, 5) is 11.6. The summed E-state index contributed by atoms with van der Waals surface area (Å²) >= 11 is 0. The van der Waals surface area contributed by atoms with Gasteiger partial charge in [0.25, 0.3) is 5.91 Å². The van der Waals surface area contributed by atoms with E-state index in [-0.39, 0.29) is 11.9 Å². The van der Waals surface area contributed by atoms with Crippen molar-refractivity contribution < 1.29 is 9.53 Å². The zero-order chi connectivity index (χ0) is 14.7. The van der Waals surface area contributed by atoms with E-state index in [0.29, 0.717) is 24.7 Å². The van der Waals surface area contributed by atoms with Crippen LogP contribution in [-0.2, 0) is 0 Å². The molecule has 21 heavy (non-hydrogen) atoms. The molecule has 0 fully saturated rings. The van der Waals surface area contributed by atoms with Crippen molar-refractivity contribution in [2.45, 2.75) is 13.0 Å². The van der Waals surface area contributed by atoms with Gasteiger partial charge in [-0.1, -0.05) is 18.2 Å². The number of carbonyl (C=O) groups is 1. The molecule has 1 aliphatic rings. The summed E-state index contributed by atoms with van der Waals surface area (Å²) in [6.45, 7) is 2.98. The molecule has 1 unspecified atom stereocenters. The van der Waals surface area contributed by atoms with E-state index >= 15 is 0 Å². The number of rotatable bonds is 4. The van der Waals surface area contributed by atoms with Crippen LogP contribution in [0.15, 0.2) is 36.4 Å². The molecular formula is C15H16N4O2. The second-order valence-corrected chi connectivity index (χ2v) is 4.71. The van der Waals surface area contributed by atoms with E-state index < -0.39 is 0 Å². The summed E-state index contributed by atoms with van der Waals surface area (Å²) in [7, 11) is 0. The number of ether oxygens (including phenoxy) is 1. The molecule has 0 radical (unpaired) electrons. The third-order valence-electron chi connectivity index (χ3n) is 3.26. The predicted molar refractivity (Wildman–Crippen MR) is 78.3 cm³/mol. The van der Waals surface area contributed by atoms with Crippen molar-refractivity contribution in [3.8, 4) is 5.75 Å². The van der Waals surface area contributed by atoms with Crippen LogP contribution in [0.5, 0.6) is 5.75 Å². The van der Waals surface area contributed by atoms with Gasteiger partial charge in [0.05, 0.1) is 6.04 Å². The van der Waals surface area contributed by atoms with Gasteiger partial charge in [0.15, 0.2) is 5.69 Å². The topological polar surface area (TPSA) is 76.1 Å². The van der Waals surface area contributed by atoms with Crippen molar-refractivity contribution in [3.05, 3.63) is 47.7 Å². The maximum absolute atomic E-state index is 11.6. The first kappa shape index (κ1) is 13.4. The number of nitrogens with one attached hydrogen (secondary N) is 2. The number of hydrogen-bond donors (Lipinski definition) is 2. The van der Waals surface area contributed by atoms with Crippen molar-refractivity contribution in [2.75, 3.05) is 18.5 Å². The minimum Gasteiger partial charge on any atom is -0.491 e. The van der Waals surface area contributed by atoms with E-state index in [1.165, 1.54) is 0 Å². The van der Waals surface area contributed by atoms with Gasteiger partial charge in [-0.3, -0.25) is 4.79 Å². The molecule has 1 atom stereocenters. The quantitative estimate of drug-likeness (QED) is 0.895. The molecule has 108 valence electrons. The molecule has 0 saturated carbocycles. The molecular weight excluding hydrogens is 268 g/mol. The minimum absolute atomic E-state index is 0.0471. The van der Waals surface area contributed by atoms with Gasteiger partial charge >= 0.3 is 0 Å². The van der Waals surface area contributed by atoms with Crippen LogP contribution in [0, 0.1) is 0 Å². The molecule has 3 rings (SSSR count). The Morgan fingerprint density at radius 1 is 1.29 bits per heavy atom. The Balaban J connectivity index is 1.71. The number of para-hydroxylation sites is 1. The van der Waals surface area contributed by atoms with Gasteiger partial charge < -0.3 is 15.4 Å².